The molecule has 0 aliphatic carbocycles. The molecule has 0 radical (unpaired) electrons. The third kappa shape index (κ3) is 3.58. The van der Waals surface area contributed by atoms with E-state index in [4.69, 9.17) is 0 Å². The maximum atomic E-state index is 11.1. The number of amides is 1. The summed E-state index contributed by atoms with van der Waals surface area (Å²) in [7, 11) is 3.45. The number of carbonyl (C=O) groups is 1. The van der Waals surface area contributed by atoms with Gasteiger partial charge < -0.3 is 16.0 Å². The summed E-state index contributed by atoms with van der Waals surface area (Å²) in [6, 6.07) is 0. The van der Waals surface area contributed by atoms with Crippen LogP contribution in [-0.4, -0.2) is 36.5 Å². The van der Waals surface area contributed by atoms with Gasteiger partial charge in [-0.3, -0.25) is 4.79 Å². The second kappa shape index (κ2) is 6.03. The van der Waals surface area contributed by atoms with Crippen LogP contribution in [0, 0.1) is 13.8 Å². The second-order valence-corrected chi connectivity index (χ2v) is 3.69. The predicted molar refractivity (Wildman–Crippen MR) is 68.2 cm³/mol. The lowest BCUT2D eigenvalue weighted by Crippen LogP contribution is -2.21. The van der Waals surface area contributed by atoms with Crippen molar-refractivity contribution in [3.63, 3.8) is 0 Å². The summed E-state index contributed by atoms with van der Waals surface area (Å²) in [5, 5.41) is 8.73. The highest BCUT2D eigenvalue weighted by atomic mass is 16.1. The topological polar surface area (TPSA) is 78.9 Å². The molecular weight excluding hydrogens is 218 g/mol. The summed E-state index contributed by atoms with van der Waals surface area (Å²) in [6.45, 7) is 4.33. The Hall–Kier alpha value is -1.85. The zero-order valence-electron chi connectivity index (χ0n) is 10.7. The third-order valence-electron chi connectivity index (χ3n) is 2.42. The fourth-order valence-electron chi connectivity index (χ4n) is 1.46. The van der Waals surface area contributed by atoms with Crippen molar-refractivity contribution in [3.05, 3.63) is 11.4 Å². The number of carbonyl (C=O) groups excluding carboxylic acids is 1. The average molecular weight is 237 g/mol. The van der Waals surface area contributed by atoms with Crippen molar-refractivity contribution in [2.45, 2.75) is 20.3 Å². The lowest BCUT2D eigenvalue weighted by molar-refractivity contribution is -0.120. The zero-order chi connectivity index (χ0) is 12.8. The molecule has 0 aromatic carbocycles. The number of aryl methyl sites for hydroxylation is 1. The van der Waals surface area contributed by atoms with Gasteiger partial charge in [0, 0.05) is 32.6 Å². The van der Waals surface area contributed by atoms with E-state index in [1.165, 1.54) is 0 Å². The van der Waals surface area contributed by atoms with Crippen LogP contribution in [0.15, 0.2) is 0 Å². The van der Waals surface area contributed by atoms with Crippen molar-refractivity contribution < 1.29 is 4.79 Å². The molecule has 0 aliphatic rings. The minimum absolute atomic E-state index is 0.00905. The maximum Gasteiger partial charge on any atom is 0.221 e. The molecular formula is C11H19N5O. The molecule has 1 heterocycles. The van der Waals surface area contributed by atoms with Gasteiger partial charge in [0.25, 0.3) is 0 Å². The van der Waals surface area contributed by atoms with E-state index in [1.807, 2.05) is 20.9 Å². The number of rotatable bonds is 5. The average Bonchev–Trinajstić information content (AvgIpc) is 2.32. The van der Waals surface area contributed by atoms with Gasteiger partial charge in [0.05, 0.1) is 0 Å². The standard InChI is InChI=1S/C11H19N5O/c1-7-10(13-4)15-8(2)16-11(7)14-6-5-9(17)12-3/h5-6H2,1-4H3,(H,12,17)(H2,13,14,15,16). The van der Waals surface area contributed by atoms with E-state index in [2.05, 4.69) is 25.9 Å². The fourth-order valence-corrected chi connectivity index (χ4v) is 1.46. The number of anilines is 2. The lowest BCUT2D eigenvalue weighted by atomic mass is 10.3. The van der Waals surface area contributed by atoms with Crippen LogP contribution in [0.25, 0.3) is 0 Å². The Bertz CT molecular complexity index is 405. The Morgan fingerprint density at radius 2 is 1.82 bits per heavy atom. The molecule has 0 aliphatic heterocycles. The summed E-state index contributed by atoms with van der Waals surface area (Å²) >= 11 is 0. The maximum absolute atomic E-state index is 11.1. The first-order valence-corrected chi connectivity index (χ1v) is 5.56. The quantitative estimate of drug-likeness (QED) is 0.702. The van der Waals surface area contributed by atoms with Gasteiger partial charge in [-0.1, -0.05) is 0 Å². The Balaban J connectivity index is 2.70. The minimum Gasteiger partial charge on any atom is -0.373 e. The smallest absolute Gasteiger partial charge is 0.221 e. The van der Waals surface area contributed by atoms with Crippen molar-refractivity contribution in [1.29, 1.82) is 0 Å². The van der Waals surface area contributed by atoms with E-state index in [1.54, 1.807) is 7.05 Å². The number of hydrogen-bond acceptors (Lipinski definition) is 5. The van der Waals surface area contributed by atoms with E-state index >= 15 is 0 Å². The molecule has 6 heteroatoms. The molecule has 17 heavy (non-hydrogen) atoms. The summed E-state index contributed by atoms with van der Waals surface area (Å²) in [5.74, 6) is 2.28. The number of hydrogen-bond donors (Lipinski definition) is 3. The molecule has 3 N–H and O–H groups in total. The molecule has 0 unspecified atom stereocenters. The van der Waals surface area contributed by atoms with Crippen LogP contribution >= 0.6 is 0 Å². The van der Waals surface area contributed by atoms with E-state index in [0.717, 1.165) is 17.2 Å². The number of nitrogens with one attached hydrogen (secondary N) is 3. The van der Waals surface area contributed by atoms with Crippen molar-refractivity contribution in [2.75, 3.05) is 31.3 Å². The Morgan fingerprint density at radius 1 is 1.18 bits per heavy atom. The van der Waals surface area contributed by atoms with Gasteiger partial charge in [0.15, 0.2) is 0 Å². The van der Waals surface area contributed by atoms with Gasteiger partial charge in [-0.05, 0) is 13.8 Å². The van der Waals surface area contributed by atoms with Crippen molar-refractivity contribution in [3.8, 4) is 0 Å². The van der Waals surface area contributed by atoms with Crippen LogP contribution in [0.3, 0.4) is 0 Å². The molecule has 0 bridgehead atoms. The molecule has 0 fully saturated rings. The Morgan fingerprint density at radius 3 is 2.41 bits per heavy atom. The molecule has 0 atom stereocenters. The van der Waals surface area contributed by atoms with Crippen LogP contribution in [-0.2, 0) is 4.79 Å². The first-order chi connectivity index (χ1) is 8.08. The molecule has 6 nitrogen and oxygen atoms in total. The second-order valence-electron chi connectivity index (χ2n) is 3.69. The first kappa shape index (κ1) is 13.2. The lowest BCUT2D eigenvalue weighted by Gasteiger charge is -2.12. The molecule has 0 saturated heterocycles. The summed E-state index contributed by atoms with van der Waals surface area (Å²) in [5.41, 5.74) is 0.954. The van der Waals surface area contributed by atoms with E-state index in [-0.39, 0.29) is 5.91 Å². The van der Waals surface area contributed by atoms with Gasteiger partial charge in [0.2, 0.25) is 5.91 Å². The van der Waals surface area contributed by atoms with Crippen LogP contribution in [0.5, 0.6) is 0 Å². The molecule has 1 amide bonds. The highest BCUT2D eigenvalue weighted by Crippen LogP contribution is 2.18. The van der Waals surface area contributed by atoms with Gasteiger partial charge in [-0.2, -0.15) is 0 Å². The number of nitrogens with zero attached hydrogens (tertiary/aromatic N) is 2. The largest absolute Gasteiger partial charge is 0.373 e. The third-order valence-corrected chi connectivity index (χ3v) is 2.42. The van der Waals surface area contributed by atoms with Gasteiger partial charge >= 0.3 is 0 Å². The van der Waals surface area contributed by atoms with Gasteiger partial charge in [-0.15, -0.1) is 0 Å². The van der Waals surface area contributed by atoms with Crippen LogP contribution in [0.4, 0.5) is 11.6 Å². The van der Waals surface area contributed by atoms with Gasteiger partial charge in [0.1, 0.15) is 17.5 Å². The van der Waals surface area contributed by atoms with Crippen molar-refractivity contribution in [1.82, 2.24) is 15.3 Å². The SMILES string of the molecule is CNC(=O)CCNc1nc(C)nc(NC)c1C. The normalized spacial score (nSPS) is 9.88. The molecule has 0 saturated carbocycles. The summed E-state index contributed by atoms with van der Waals surface area (Å²) < 4.78 is 0. The van der Waals surface area contributed by atoms with Crippen LogP contribution in [0.1, 0.15) is 17.8 Å². The Labute approximate surface area is 101 Å². The van der Waals surface area contributed by atoms with E-state index < -0.39 is 0 Å². The Kier molecular flexibility index (Phi) is 4.68. The predicted octanol–water partition coefficient (Wildman–Crippen LogP) is 0.683. The van der Waals surface area contributed by atoms with E-state index in [9.17, 15) is 4.79 Å². The first-order valence-electron chi connectivity index (χ1n) is 5.56. The number of aromatic nitrogens is 2. The molecule has 1 aromatic heterocycles. The van der Waals surface area contributed by atoms with Crippen molar-refractivity contribution >= 4 is 17.5 Å². The van der Waals surface area contributed by atoms with Crippen LogP contribution < -0.4 is 16.0 Å². The molecule has 1 rings (SSSR count). The monoisotopic (exact) mass is 237 g/mol. The van der Waals surface area contributed by atoms with Gasteiger partial charge in [-0.25, -0.2) is 9.97 Å². The van der Waals surface area contributed by atoms with Crippen molar-refractivity contribution in [2.24, 2.45) is 0 Å². The molecule has 94 valence electrons. The highest BCUT2D eigenvalue weighted by molar-refractivity contribution is 5.76. The summed E-state index contributed by atoms with van der Waals surface area (Å²) in [6.07, 6.45) is 0.424. The fraction of sp³-hybridized carbons (Fsp3) is 0.545. The van der Waals surface area contributed by atoms with Crippen LogP contribution in [0.2, 0.25) is 0 Å². The van der Waals surface area contributed by atoms with E-state index in [0.29, 0.717) is 18.8 Å². The highest BCUT2D eigenvalue weighted by Gasteiger charge is 2.07. The minimum atomic E-state index is 0.00905. The zero-order valence-corrected chi connectivity index (χ0v) is 10.7. The molecule has 0 spiro atoms. The molecule has 1 aromatic rings. The summed E-state index contributed by atoms with van der Waals surface area (Å²) in [4.78, 5) is 19.7.